The average molecular weight is 199 g/mol. The Labute approximate surface area is 81.4 Å². The maximum Gasteiger partial charge on any atom is 0.205 e. The maximum atomic E-state index is 9.66. The van der Waals surface area contributed by atoms with Crippen molar-refractivity contribution in [3.63, 3.8) is 0 Å². The highest BCUT2D eigenvalue weighted by Gasteiger charge is 2.25. The van der Waals surface area contributed by atoms with Crippen LogP contribution >= 0.6 is 11.5 Å². The van der Waals surface area contributed by atoms with Crippen LogP contribution in [0.4, 0.5) is 5.13 Å². The van der Waals surface area contributed by atoms with Gasteiger partial charge in [0.2, 0.25) is 5.13 Å². The molecule has 2 unspecified atom stereocenters. The van der Waals surface area contributed by atoms with E-state index in [2.05, 4.69) is 21.2 Å². The van der Waals surface area contributed by atoms with E-state index < -0.39 is 0 Å². The maximum absolute atomic E-state index is 9.66. The molecule has 2 atom stereocenters. The van der Waals surface area contributed by atoms with Crippen LogP contribution in [0.5, 0.6) is 0 Å². The molecule has 0 aromatic carbocycles. The van der Waals surface area contributed by atoms with Gasteiger partial charge in [0.15, 0.2) is 0 Å². The molecule has 2 heterocycles. The average Bonchev–Trinajstić information content (AvgIpc) is 2.62. The normalized spacial score (nSPS) is 29.2. The van der Waals surface area contributed by atoms with Crippen LogP contribution in [0.2, 0.25) is 0 Å². The third kappa shape index (κ3) is 1.81. The molecule has 1 fully saturated rings. The van der Waals surface area contributed by atoms with Crippen LogP contribution < -0.4 is 4.90 Å². The molecular weight excluding hydrogens is 186 g/mol. The van der Waals surface area contributed by atoms with Crippen LogP contribution in [0, 0.1) is 5.92 Å². The van der Waals surface area contributed by atoms with E-state index in [9.17, 15) is 5.11 Å². The van der Waals surface area contributed by atoms with Gasteiger partial charge in [-0.3, -0.25) is 0 Å². The fourth-order valence-electron chi connectivity index (χ4n) is 1.53. The van der Waals surface area contributed by atoms with Gasteiger partial charge in [-0.25, -0.2) is 4.98 Å². The van der Waals surface area contributed by atoms with Crippen molar-refractivity contribution < 1.29 is 5.11 Å². The van der Waals surface area contributed by atoms with Crippen molar-refractivity contribution in [1.82, 2.24) is 9.36 Å². The number of aliphatic hydroxyl groups excluding tert-OH is 1. The zero-order valence-electron chi connectivity index (χ0n) is 7.55. The number of nitrogens with zero attached hydrogens (tertiary/aromatic N) is 3. The summed E-state index contributed by atoms with van der Waals surface area (Å²) in [4.78, 5) is 6.22. The molecule has 0 amide bonds. The minimum Gasteiger partial charge on any atom is -0.391 e. The fourth-order valence-corrected chi connectivity index (χ4v) is 2.09. The number of aromatic nitrogens is 2. The molecule has 1 aromatic heterocycles. The summed E-state index contributed by atoms with van der Waals surface area (Å²) in [6.45, 7) is 3.76. The first kappa shape index (κ1) is 8.90. The lowest BCUT2D eigenvalue weighted by molar-refractivity contribution is 0.103. The summed E-state index contributed by atoms with van der Waals surface area (Å²) in [6.07, 6.45) is 2.36. The molecule has 0 bridgehead atoms. The molecule has 0 radical (unpaired) electrons. The van der Waals surface area contributed by atoms with Gasteiger partial charge in [0.05, 0.1) is 6.10 Å². The number of aliphatic hydroxyl groups is 1. The molecule has 72 valence electrons. The Kier molecular flexibility index (Phi) is 2.46. The number of piperidine rings is 1. The topological polar surface area (TPSA) is 49.2 Å². The molecule has 1 aliphatic rings. The molecule has 1 N–H and O–H groups in total. The van der Waals surface area contributed by atoms with Crippen LogP contribution in [0.1, 0.15) is 13.3 Å². The van der Waals surface area contributed by atoms with Crippen molar-refractivity contribution in [2.75, 3.05) is 18.0 Å². The zero-order valence-corrected chi connectivity index (χ0v) is 8.37. The number of rotatable bonds is 1. The molecule has 1 saturated heterocycles. The smallest absolute Gasteiger partial charge is 0.205 e. The minimum absolute atomic E-state index is 0.224. The quantitative estimate of drug-likeness (QED) is 0.725. The molecule has 5 heteroatoms. The lowest BCUT2D eigenvalue weighted by Gasteiger charge is -2.33. The molecular formula is C8H13N3OS. The van der Waals surface area contributed by atoms with E-state index in [0.717, 1.165) is 18.1 Å². The van der Waals surface area contributed by atoms with E-state index >= 15 is 0 Å². The van der Waals surface area contributed by atoms with Gasteiger partial charge in [0.1, 0.15) is 6.33 Å². The summed E-state index contributed by atoms with van der Waals surface area (Å²) in [7, 11) is 0. The lowest BCUT2D eigenvalue weighted by Crippen LogP contribution is -2.42. The van der Waals surface area contributed by atoms with Crippen molar-refractivity contribution in [3.8, 4) is 0 Å². The van der Waals surface area contributed by atoms with Gasteiger partial charge in [-0.15, -0.1) is 0 Å². The fraction of sp³-hybridized carbons (Fsp3) is 0.750. The summed E-state index contributed by atoms with van der Waals surface area (Å²) in [5, 5.41) is 10.6. The van der Waals surface area contributed by atoms with Gasteiger partial charge in [0, 0.05) is 24.6 Å². The summed E-state index contributed by atoms with van der Waals surface area (Å²) >= 11 is 1.39. The van der Waals surface area contributed by atoms with E-state index in [1.165, 1.54) is 11.5 Å². The Morgan fingerprint density at radius 2 is 2.54 bits per heavy atom. The van der Waals surface area contributed by atoms with Crippen molar-refractivity contribution in [3.05, 3.63) is 6.33 Å². The van der Waals surface area contributed by atoms with Gasteiger partial charge < -0.3 is 10.0 Å². The molecule has 1 aliphatic heterocycles. The SMILES string of the molecule is CC1CCN(c2ncns2)CC1O. The third-order valence-electron chi connectivity index (χ3n) is 2.54. The Morgan fingerprint density at radius 1 is 1.69 bits per heavy atom. The first-order valence-electron chi connectivity index (χ1n) is 4.47. The highest BCUT2D eigenvalue weighted by Crippen LogP contribution is 2.23. The second-order valence-corrected chi connectivity index (χ2v) is 4.26. The molecule has 0 aliphatic carbocycles. The molecule has 13 heavy (non-hydrogen) atoms. The summed E-state index contributed by atoms with van der Waals surface area (Å²) in [5.74, 6) is 0.407. The molecule has 4 nitrogen and oxygen atoms in total. The standard InChI is InChI=1S/C8H13N3OS/c1-6-2-3-11(4-7(6)12)8-9-5-10-13-8/h5-7,12H,2-4H2,1H3. The molecule has 0 saturated carbocycles. The summed E-state index contributed by atoms with van der Waals surface area (Å²) in [6, 6.07) is 0. The highest BCUT2D eigenvalue weighted by molar-refractivity contribution is 7.09. The molecule has 0 spiro atoms. The van der Waals surface area contributed by atoms with E-state index in [0.29, 0.717) is 12.5 Å². The van der Waals surface area contributed by atoms with E-state index in [1.807, 2.05) is 0 Å². The second-order valence-electron chi connectivity index (χ2n) is 3.50. The summed E-state index contributed by atoms with van der Waals surface area (Å²) in [5.41, 5.74) is 0. The Morgan fingerprint density at radius 3 is 3.15 bits per heavy atom. The van der Waals surface area contributed by atoms with Crippen LogP contribution in [0.3, 0.4) is 0 Å². The predicted molar refractivity (Wildman–Crippen MR) is 51.9 cm³/mol. The number of hydrogen-bond acceptors (Lipinski definition) is 5. The molecule has 2 rings (SSSR count). The van der Waals surface area contributed by atoms with Gasteiger partial charge in [-0.1, -0.05) is 6.92 Å². The second kappa shape index (κ2) is 3.59. The number of β-amino-alcohol motifs (C(OH)–C–C–N with tert-alkyl or cyclic N) is 1. The van der Waals surface area contributed by atoms with Crippen LogP contribution in [-0.2, 0) is 0 Å². The van der Waals surface area contributed by atoms with Gasteiger partial charge in [-0.2, -0.15) is 4.37 Å². The first-order chi connectivity index (χ1) is 6.27. The first-order valence-corrected chi connectivity index (χ1v) is 5.24. The van der Waals surface area contributed by atoms with Crippen molar-refractivity contribution in [2.24, 2.45) is 5.92 Å². The van der Waals surface area contributed by atoms with Crippen molar-refractivity contribution >= 4 is 16.7 Å². The summed E-state index contributed by atoms with van der Waals surface area (Å²) < 4.78 is 3.95. The van der Waals surface area contributed by atoms with Crippen molar-refractivity contribution in [1.29, 1.82) is 0 Å². The van der Waals surface area contributed by atoms with Crippen LogP contribution in [0.15, 0.2) is 6.33 Å². The van der Waals surface area contributed by atoms with Crippen molar-refractivity contribution in [2.45, 2.75) is 19.4 Å². The van der Waals surface area contributed by atoms with E-state index in [4.69, 9.17) is 0 Å². The molecule has 1 aromatic rings. The van der Waals surface area contributed by atoms with Crippen LogP contribution in [0.25, 0.3) is 0 Å². The Balaban J connectivity index is 2.03. The lowest BCUT2D eigenvalue weighted by atomic mass is 9.96. The van der Waals surface area contributed by atoms with Crippen LogP contribution in [-0.4, -0.2) is 33.7 Å². The number of hydrogen-bond donors (Lipinski definition) is 1. The zero-order chi connectivity index (χ0) is 9.26. The third-order valence-corrected chi connectivity index (χ3v) is 3.27. The minimum atomic E-state index is -0.224. The van der Waals surface area contributed by atoms with Gasteiger partial charge in [-0.05, 0) is 12.3 Å². The van der Waals surface area contributed by atoms with Gasteiger partial charge in [0.25, 0.3) is 0 Å². The highest BCUT2D eigenvalue weighted by atomic mass is 32.1. The Bertz CT molecular complexity index is 264. The number of anilines is 1. The van der Waals surface area contributed by atoms with E-state index in [1.54, 1.807) is 6.33 Å². The predicted octanol–water partition coefficient (Wildman–Crippen LogP) is 0.745. The van der Waals surface area contributed by atoms with Gasteiger partial charge >= 0.3 is 0 Å². The largest absolute Gasteiger partial charge is 0.391 e. The monoisotopic (exact) mass is 199 g/mol. The Hall–Kier alpha value is -0.680. The van der Waals surface area contributed by atoms with E-state index in [-0.39, 0.29) is 6.10 Å².